The molecule has 2 atom stereocenters. The van der Waals surface area contributed by atoms with Crippen LogP contribution in [0.4, 0.5) is 4.39 Å². The molecule has 1 aliphatic heterocycles. The van der Waals surface area contributed by atoms with E-state index in [0.29, 0.717) is 39.2 Å². The Balaban J connectivity index is 1.52. The molecule has 1 amide bonds. The lowest BCUT2D eigenvalue weighted by Crippen LogP contribution is -2.42. The van der Waals surface area contributed by atoms with Gasteiger partial charge in [-0.25, -0.2) is 4.39 Å². The summed E-state index contributed by atoms with van der Waals surface area (Å²) in [5.41, 5.74) is 0.549. The number of amides is 1. The second-order valence-corrected chi connectivity index (χ2v) is 9.13. The fraction of sp³-hybridized carbons (Fsp3) is 0.318. The molecule has 4 rings (SSSR count). The fourth-order valence-electron chi connectivity index (χ4n) is 3.95. The molecule has 2 fully saturated rings. The highest BCUT2D eigenvalue weighted by atomic mass is 32.2. The molecule has 6 nitrogen and oxygen atoms in total. The predicted molar refractivity (Wildman–Crippen MR) is 119 cm³/mol. The van der Waals surface area contributed by atoms with Gasteiger partial charge < -0.3 is 14.3 Å². The van der Waals surface area contributed by atoms with Crippen molar-refractivity contribution in [3.8, 4) is 17.1 Å². The Bertz CT molecular complexity index is 1080. The van der Waals surface area contributed by atoms with Crippen molar-refractivity contribution < 1.29 is 28.2 Å². The molecule has 2 unspecified atom stereocenters. The molecule has 1 aromatic heterocycles. The molecule has 31 heavy (non-hydrogen) atoms. The highest BCUT2D eigenvalue weighted by Gasteiger charge is 2.40. The predicted octanol–water partition coefficient (Wildman–Crippen LogP) is 4.94. The van der Waals surface area contributed by atoms with Gasteiger partial charge >= 0.3 is 5.97 Å². The van der Waals surface area contributed by atoms with Gasteiger partial charge in [-0.3, -0.25) is 14.5 Å². The number of carbonyl (C=O) groups is 2. The molecule has 162 valence electrons. The lowest BCUT2D eigenvalue weighted by Gasteiger charge is -2.32. The summed E-state index contributed by atoms with van der Waals surface area (Å²) in [6.45, 7) is 0. The first-order valence-electron chi connectivity index (χ1n) is 9.81. The van der Waals surface area contributed by atoms with Crippen molar-refractivity contribution in [2.75, 3.05) is 7.11 Å². The number of carbonyl (C=O) groups excluding carboxylic acids is 1. The number of halogens is 1. The Labute approximate surface area is 188 Å². The van der Waals surface area contributed by atoms with Crippen LogP contribution in [-0.4, -0.2) is 39.4 Å². The summed E-state index contributed by atoms with van der Waals surface area (Å²) in [6.07, 6.45) is 4.12. The van der Waals surface area contributed by atoms with Crippen molar-refractivity contribution in [1.29, 1.82) is 0 Å². The van der Waals surface area contributed by atoms with E-state index in [9.17, 15) is 19.1 Å². The molecule has 1 aliphatic carbocycles. The number of methoxy groups -OCH3 is 1. The van der Waals surface area contributed by atoms with Gasteiger partial charge in [-0.05, 0) is 49.6 Å². The number of nitrogens with zero attached hydrogens (tertiary/aromatic N) is 1. The third-order valence-corrected chi connectivity index (χ3v) is 6.85. The number of aliphatic carboxylic acids is 1. The van der Waals surface area contributed by atoms with Crippen LogP contribution in [0.2, 0.25) is 0 Å². The Morgan fingerprint density at radius 2 is 2.16 bits per heavy atom. The van der Waals surface area contributed by atoms with Crippen molar-refractivity contribution in [1.82, 2.24) is 4.90 Å². The summed E-state index contributed by atoms with van der Waals surface area (Å²) >= 11 is 6.59. The summed E-state index contributed by atoms with van der Waals surface area (Å²) in [5, 5.41) is 9.32. The molecule has 2 aliphatic rings. The van der Waals surface area contributed by atoms with Crippen molar-refractivity contribution in [2.24, 2.45) is 5.92 Å². The third-order valence-electron chi connectivity index (χ3n) is 5.52. The first-order valence-corrected chi connectivity index (χ1v) is 11.0. The van der Waals surface area contributed by atoms with Crippen LogP contribution in [0, 0.1) is 11.7 Å². The van der Waals surface area contributed by atoms with Crippen LogP contribution in [0.1, 0.15) is 31.4 Å². The molecule has 1 N–H and O–H groups in total. The number of benzene rings is 1. The van der Waals surface area contributed by atoms with Gasteiger partial charge in [0.15, 0.2) is 11.6 Å². The summed E-state index contributed by atoms with van der Waals surface area (Å²) in [6, 6.07) is 7.72. The molecule has 1 aromatic carbocycles. The maximum absolute atomic E-state index is 14.0. The van der Waals surface area contributed by atoms with Gasteiger partial charge in [0.2, 0.25) is 0 Å². The Morgan fingerprint density at radius 3 is 2.87 bits per heavy atom. The van der Waals surface area contributed by atoms with E-state index < -0.39 is 17.7 Å². The standard InChI is InChI=1S/C22H20FNO5S2/c1-28-18-7-5-12(10-16(18)23)17-8-6-15(29-17)11-19-20(25)24(22(30)31-19)14-4-2-3-13(9-14)21(26)27/h5-8,10-11,13-14H,2-4,9H2,1H3,(H,26,27). The number of carboxylic acids is 1. The number of carboxylic acid groups (broad SMARTS) is 1. The quantitative estimate of drug-likeness (QED) is 0.499. The summed E-state index contributed by atoms with van der Waals surface area (Å²) in [7, 11) is 1.40. The average molecular weight is 462 g/mol. The van der Waals surface area contributed by atoms with E-state index in [-0.39, 0.29) is 17.7 Å². The van der Waals surface area contributed by atoms with Gasteiger partial charge in [0.1, 0.15) is 15.8 Å². The van der Waals surface area contributed by atoms with Crippen LogP contribution in [-0.2, 0) is 9.59 Å². The Hall–Kier alpha value is -2.65. The van der Waals surface area contributed by atoms with Gasteiger partial charge in [-0.15, -0.1) is 0 Å². The summed E-state index contributed by atoms with van der Waals surface area (Å²) in [5.74, 6) is -0.968. The number of thiocarbonyl (C=S) groups is 1. The van der Waals surface area contributed by atoms with Gasteiger partial charge in [0.05, 0.1) is 17.9 Å². The van der Waals surface area contributed by atoms with Crippen LogP contribution in [0.25, 0.3) is 17.4 Å². The minimum atomic E-state index is -0.830. The Kier molecular flexibility index (Phi) is 6.15. The van der Waals surface area contributed by atoms with Crippen molar-refractivity contribution in [2.45, 2.75) is 31.7 Å². The number of rotatable bonds is 5. The maximum Gasteiger partial charge on any atom is 0.306 e. The average Bonchev–Trinajstić information content (AvgIpc) is 3.32. The van der Waals surface area contributed by atoms with Crippen molar-refractivity contribution in [3.63, 3.8) is 0 Å². The zero-order chi connectivity index (χ0) is 22.1. The van der Waals surface area contributed by atoms with Crippen LogP contribution in [0.15, 0.2) is 39.7 Å². The number of thioether (sulfide) groups is 1. The van der Waals surface area contributed by atoms with Crippen LogP contribution < -0.4 is 4.74 Å². The zero-order valence-electron chi connectivity index (χ0n) is 16.7. The Morgan fingerprint density at radius 1 is 1.35 bits per heavy atom. The zero-order valence-corrected chi connectivity index (χ0v) is 18.3. The summed E-state index contributed by atoms with van der Waals surface area (Å²) in [4.78, 5) is 26.3. The molecule has 0 bridgehead atoms. The lowest BCUT2D eigenvalue weighted by molar-refractivity contribution is -0.144. The first kappa shape index (κ1) is 21.6. The number of ether oxygens (including phenoxy) is 1. The van der Waals surface area contributed by atoms with Gasteiger partial charge in [0.25, 0.3) is 5.91 Å². The lowest BCUT2D eigenvalue weighted by atomic mass is 9.85. The first-order chi connectivity index (χ1) is 14.9. The second-order valence-electron chi connectivity index (χ2n) is 7.46. The summed E-state index contributed by atoms with van der Waals surface area (Å²) < 4.78 is 25.1. The monoisotopic (exact) mass is 461 g/mol. The molecular weight excluding hydrogens is 441 g/mol. The number of furan rings is 1. The van der Waals surface area contributed by atoms with E-state index >= 15 is 0 Å². The third kappa shape index (κ3) is 4.38. The van der Waals surface area contributed by atoms with Crippen molar-refractivity contribution >= 4 is 46.3 Å². The van der Waals surface area contributed by atoms with E-state index in [1.807, 2.05) is 0 Å². The second kappa shape index (κ2) is 8.84. The fourth-order valence-corrected chi connectivity index (χ4v) is 5.33. The van der Waals surface area contributed by atoms with Gasteiger partial charge in [-0.1, -0.05) is 30.4 Å². The highest BCUT2D eigenvalue weighted by Crippen LogP contribution is 2.39. The van der Waals surface area contributed by atoms with Crippen molar-refractivity contribution in [3.05, 3.63) is 46.8 Å². The topological polar surface area (TPSA) is 80.0 Å². The number of hydrogen-bond donors (Lipinski definition) is 1. The molecule has 0 spiro atoms. The van der Waals surface area contributed by atoms with Gasteiger partial charge in [-0.2, -0.15) is 0 Å². The highest BCUT2D eigenvalue weighted by molar-refractivity contribution is 8.26. The molecule has 1 saturated carbocycles. The van der Waals surface area contributed by atoms with E-state index in [1.165, 1.54) is 31.0 Å². The van der Waals surface area contributed by atoms with Gasteiger partial charge in [0, 0.05) is 17.7 Å². The molecule has 2 aromatic rings. The normalized spacial score (nSPS) is 22.9. The maximum atomic E-state index is 14.0. The molecular formula is C22H20FNO5S2. The largest absolute Gasteiger partial charge is 0.494 e. The van der Waals surface area contributed by atoms with Crippen LogP contribution >= 0.6 is 24.0 Å². The van der Waals surface area contributed by atoms with E-state index in [4.69, 9.17) is 21.4 Å². The molecule has 1 saturated heterocycles. The van der Waals surface area contributed by atoms with E-state index in [2.05, 4.69) is 0 Å². The number of hydrogen-bond acceptors (Lipinski definition) is 6. The van der Waals surface area contributed by atoms with E-state index in [1.54, 1.807) is 29.2 Å². The molecule has 0 radical (unpaired) electrons. The minimum absolute atomic E-state index is 0.145. The van der Waals surface area contributed by atoms with Crippen LogP contribution in [0.5, 0.6) is 5.75 Å². The minimum Gasteiger partial charge on any atom is -0.494 e. The molecule has 2 heterocycles. The van der Waals surface area contributed by atoms with E-state index in [0.717, 1.165) is 12.8 Å². The smallest absolute Gasteiger partial charge is 0.306 e. The SMILES string of the molecule is COc1ccc(-c2ccc(C=C3SC(=S)N(C4CCCC(C(=O)O)C4)C3=O)o2)cc1F. The molecule has 9 heteroatoms. The van der Waals surface area contributed by atoms with Crippen LogP contribution in [0.3, 0.4) is 0 Å².